The molecule has 0 saturated carbocycles. The third-order valence-electron chi connectivity index (χ3n) is 3.04. The van der Waals surface area contributed by atoms with Crippen LogP contribution in [0.1, 0.15) is 10.5 Å². The first-order valence-electron chi connectivity index (χ1n) is 6.35. The van der Waals surface area contributed by atoms with Gasteiger partial charge in [0.2, 0.25) is 0 Å². The maximum Gasteiger partial charge on any atom is 0.272 e. The SMILES string of the molecule is COCC(Br)CN(C)C(=O)c1nccc2ccccc12. The molecule has 0 fully saturated rings. The van der Waals surface area contributed by atoms with E-state index in [2.05, 4.69) is 20.9 Å². The Kier molecular flexibility index (Phi) is 5.09. The van der Waals surface area contributed by atoms with Crippen molar-refractivity contribution in [1.29, 1.82) is 0 Å². The maximum atomic E-state index is 12.5. The molecule has 106 valence electrons. The van der Waals surface area contributed by atoms with Gasteiger partial charge >= 0.3 is 0 Å². The Morgan fingerprint density at radius 1 is 1.40 bits per heavy atom. The van der Waals surface area contributed by atoms with Crippen LogP contribution in [0.4, 0.5) is 0 Å². The van der Waals surface area contributed by atoms with Crippen molar-refractivity contribution in [3.8, 4) is 0 Å². The first-order valence-corrected chi connectivity index (χ1v) is 7.27. The van der Waals surface area contributed by atoms with Crippen LogP contribution in [-0.4, -0.2) is 47.9 Å². The van der Waals surface area contributed by atoms with Gasteiger partial charge in [0.1, 0.15) is 5.69 Å². The summed E-state index contributed by atoms with van der Waals surface area (Å²) in [5.74, 6) is -0.0812. The van der Waals surface area contributed by atoms with Gasteiger partial charge in [-0.2, -0.15) is 0 Å². The summed E-state index contributed by atoms with van der Waals surface area (Å²) < 4.78 is 5.06. The van der Waals surface area contributed by atoms with Crippen LogP contribution in [0.5, 0.6) is 0 Å². The van der Waals surface area contributed by atoms with Crippen LogP contribution in [0.3, 0.4) is 0 Å². The fraction of sp³-hybridized carbons (Fsp3) is 0.333. The number of carbonyl (C=O) groups excluding carboxylic acids is 1. The van der Waals surface area contributed by atoms with Crippen molar-refractivity contribution < 1.29 is 9.53 Å². The van der Waals surface area contributed by atoms with E-state index in [0.29, 0.717) is 18.8 Å². The van der Waals surface area contributed by atoms with Gasteiger partial charge in [-0.1, -0.05) is 40.2 Å². The molecule has 0 N–H and O–H groups in total. The second-order valence-electron chi connectivity index (χ2n) is 4.62. The second-order valence-corrected chi connectivity index (χ2v) is 5.91. The molecule has 0 aliphatic rings. The largest absolute Gasteiger partial charge is 0.383 e. The van der Waals surface area contributed by atoms with E-state index in [1.165, 1.54) is 0 Å². The van der Waals surface area contributed by atoms with Gasteiger partial charge in [0.25, 0.3) is 5.91 Å². The highest BCUT2D eigenvalue weighted by Gasteiger charge is 2.18. The molecule has 1 unspecified atom stereocenters. The average molecular weight is 337 g/mol. The number of halogens is 1. The number of benzene rings is 1. The summed E-state index contributed by atoms with van der Waals surface area (Å²) in [4.78, 5) is 18.5. The Morgan fingerprint density at radius 2 is 2.15 bits per heavy atom. The molecule has 1 aromatic heterocycles. The number of hydrogen-bond donors (Lipinski definition) is 0. The summed E-state index contributed by atoms with van der Waals surface area (Å²) in [6.07, 6.45) is 1.67. The summed E-state index contributed by atoms with van der Waals surface area (Å²) in [7, 11) is 3.41. The molecule has 1 heterocycles. The summed E-state index contributed by atoms with van der Waals surface area (Å²) >= 11 is 3.49. The molecule has 0 bridgehead atoms. The predicted octanol–water partition coefficient (Wildman–Crippen LogP) is 2.72. The first kappa shape index (κ1) is 14.9. The van der Waals surface area contributed by atoms with E-state index in [1.807, 2.05) is 30.3 Å². The highest BCUT2D eigenvalue weighted by atomic mass is 79.9. The standard InChI is InChI=1S/C15H17BrN2O2/c1-18(9-12(16)10-20-2)15(19)14-13-6-4-3-5-11(13)7-8-17-14/h3-8,12H,9-10H2,1-2H3. The lowest BCUT2D eigenvalue weighted by atomic mass is 10.1. The zero-order valence-corrected chi connectivity index (χ0v) is 13.1. The number of hydrogen-bond acceptors (Lipinski definition) is 3. The van der Waals surface area contributed by atoms with Crippen molar-refractivity contribution in [2.75, 3.05) is 27.3 Å². The van der Waals surface area contributed by atoms with E-state index in [0.717, 1.165) is 10.8 Å². The zero-order chi connectivity index (χ0) is 14.5. The van der Waals surface area contributed by atoms with Crippen LogP contribution in [0.2, 0.25) is 0 Å². The van der Waals surface area contributed by atoms with Crippen molar-refractivity contribution in [2.45, 2.75) is 4.83 Å². The average Bonchev–Trinajstić information content (AvgIpc) is 2.46. The molecule has 0 aliphatic carbocycles. The third-order valence-corrected chi connectivity index (χ3v) is 3.60. The van der Waals surface area contributed by atoms with E-state index in [1.54, 1.807) is 25.3 Å². The minimum Gasteiger partial charge on any atom is -0.383 e. The van der Waals surface area contributed by atoms with E-state index < -0.39 is 0 Å². The molecular formula is C15H17BrN2O2. The molecule has 0 aliphatic heterocycles. The molecule has 2 rings (SSSR count). The Morgan fingerprint density at radius 3 is 2.90 bits per heavy atom. The Bertz CT molecular complexity index is 598. The van der Waals surface area contributed by atoms with Gasteiger partial charge in [0, 0.05) is 32.3 Å². The fourth-order valence-corrected chi connectivity index (χ4v) is 2.78. The van der Waals surface area contributed by atoms with Crippen LogP contribution in [0.25, 0.3) is 10.8 Å². The van der Waals surface area contributed by atoms with Crippen LogP contribution in [0.15, 0.2) is 36.5 Å². The lowest BCUT2D eigenvalue weighted by Gasteiger charge is -2.20. The highest BCUT2D eigenvalue weighted by Crippen LogP contribution is 2.18. The molecule has 5 heteroatoms. The monoisotopic (exact) mass is 336 g/mol. The number of fused-ring (bicyclic) bond motifs is 1. The zero-order valence-electron chi connectivity index (χ0n) is 11.5. The molecule has 4 nitrogen and oxygen atoms in total. The lowest BCUT2D eigenvalue weighted by Crippen LogP contribution is -2.34. The van der Waals surface area contributed by atoms with E-state index in [-0.39, 0.29) is 10.7 Å². The molecule has 1 aromatic carbocycles. The number of methoxy groups -OCH3 is 1. The molecule has 20 heavy (non-hydrogen) atoms. The van der Waals surface area contributed by atoms with Gasteiger partial charge in [-0.05, 0) is 11.5 Å². The number of alkyl halides is 1. The van der Waals surface area contributed by atoms with Gasteiger partial charge < -0.3 is 9.64 Å². The Balaban J connectivity index is 2.23. The minimum absolute atomic E-state index is 0.0812. The van der Waals surface area contributed by atoms with Crippen molar-refractivity contribution in [3.63, 3.8) is 0 Å². The van der Waals surface area contributed by atoms with Gasteiger partial charge in [0.05, 0.1) is 11.4 Å². The normalized spacial score (nSPS) is 12.3. The van der Waals surface area contributed by atoms with Gasteiger partial charge in [-0.25, -0.2) is 0 Å². The van der Waals surface area contributed by atoms with Gasteiger partial charge in [-0.15, -0.1) is 0 Å². The Hall–Kier alpha value is -1.46. The molecule has 0 radical (unpaired) electrons. The Labute approximate surface area is 126 Å². The molecule has 1 atom stereocenters. The van der Waals surface area contributed by atoms with Crippen molar-refractivity contribution in [3.05, 3.63) is 42.2 Å². The topological polar surface area (TPSA) is 42.4 Å². The molecule has 0 spiro atoms. The van der Waals surface area contributed by atoms with Crippen LogP contribution >= 0.6 is 15.9 Å². The van der Waals surface area contributed by atoms with Crippen LogP contribution < -0.4 is 0 Å². The number of nitrogens with zero attached hydrogens (tertiary/aromatic N) is 2. The summed E-state index contributed by atoms with van der Waals surface area (Å²) in [5, 5.41) is 1.90. The van der Waals surface area contributed by atoms with E-state index in [9.17, 15) is 4.79 Å². The van der Waals surface area contributed by atoms with Crippen LogP contribution in [-0.2, 0) is 4.74 Å². The number of pyridine rings is 1. The summed E-state index contributed by atoms with van der Waals surface area (Å²) in [6.45, 7) is 1.12. The third kappa shape index (κ3) is 3.35. The lowest BCUT2D eigenvalue weighted by molar-refractivity contribution is 0.0780. The molecule has 1 amide bonds. The highest BCUT2D eigenvalue weighted by molar-refractivity contribution is 9.09. The predicted molar refractivity (Wildman–Crippen MR) is 83.3 cm³/mol. The molecule has 2 aromatic rings. The van der Waals surface area contributed by atoms with Crippen molar-refractivity contribution in [1.82, 2.24) is 9.88 Å². The summed E-state index contributed by atoms with van der Waals surface area (Å²) in [6, 6.07) is 9.67. The number of rotatable bonds is 5. The second kappa shape index (κ2) is 6.81. The van der Waals surface area contributed by atoms with Crippen molar-refractivity contribution >= 4 is 32.6 Å². The summed E-state index contributed by atoms with van der Waals surface area (Å²) in [5.41, 5.74) is 0.489. The fourth-order valence-electron chi connectivity index (χ4n) is 2.08. The van der Waals surface area contributed by atoms with Gasteiger partial charge in [0.15, 0.2) is 0 Å². The first-order chi connectivity index (χ1) is 9.63. The molecular weight excluding hydrogens is 320 g/mol. The minimum atomic E-state index is -0.0812. The quantitative estimate of drug-likeness (QED) is 0.788. The van der Waals surface area contributed by atoms with E-state index >= 15 is 0 Å². The maximum absolute atomic E-state index is 12.5. The number of ether oxygens (including phenoxy) is 1. The van der Waals surface area contributed by atoms with Crippen LogP contribution in [0, 0.1) is 0 Å². The number of carbonyl (C=O) groups is 1. The van der Waals surface area contributed by atoms with Gasteiger partial charge in [-0.3, -0.25) is 9.78 Å². The number of aromatic nitrogens is 1. The van der Waals surface area contributed by atoms with Crippen molar-refractivity contribution in [2.24, 2.45) is 0 Å². The smallest absolute Gasteiger partial charge is 0.272 e. The number of amides is 1. The molecule has 0 saturated heterocycles. The van der Waals surface area contributed by atoms with E-state index in [4.69, 9.17) is 4.74 Å².